The average Bonchev–Trinajstić information content (AvgIpc) is 2.28. The average molecular weight is 238 g/mol. The molecule has 88 valence electrons. The Morgan fingerprint density at radius 3 is 2.25 bits per heavy atom. The largest absolute Gasteiger partial charge is 0.457 e. The van der Waals surface area contributed by atoms with Gasteiger partial charge < -0.3 is 4.74 Å². The predicted molar refractivity (Wildman–Crippen MR) is 68.6 cm³/mol. The second-order valence-electron chi connectivity index (χ2n) is 4.18. The molecule has 0 heterocycles. The van der Waals surface area contributed by atoms with Gasteiger partial charge in [-0.1, -0.05) is 44.2 Å². The van der Waals surface area contributed by atoms with Crippen LogP contribution < -0.4 is 0 Å². The summed E-state index contributed by atoms with van der Waals surface area (Å²) in [6.07, 6.45) is -0.220. The highest BCUT2D eigenvalue weighted by molar-refractivity contribution is 7.81. The summed E-state index contributed by atoms with van der Waals surface area (Å²) in [7, 11) is 0. The van der Waals surface area contributed by atoms with Crippen LogP contribution in [0.2, 0.25) is 0 Å². The number of rotatable bonds is 4. The first kappa shape index (κ1) is 13.1. The van der Waals surface area contributed by atoms with Gasteiger partial charge in [0.05, 0.1) is 0 Å². The molecule has 0 aliphatic carbocycles. The van der Waals surface area contributed by atoms with Crippen LogP contribution in [-0.4, -0.2) is 11.2 Å². The molecule has 0 saturated heterocycles. The Bertz CT molecular complexity index is 335. The smallest absolute Gasteiger partial charge is 0.319 e. The van der Waals surface area contributed by atoms with Gasteiger partial charge in [-0.15, -0.1) is 0 Å². The van der Waals surface area contributed by atoms with E-state index in [9.17, 15) is 4.79 Å². The first-order valence-electron chi connectivity index (χ1n) is 5.46. The van der Waals surface area contributed by atoms with E-state index < -0.39 is 0 Å². The van der Waals surface area contributed by atoms with Gasteiger partial charge in [0.15, 0.2) is 0 Å². The van der Waals surface area contributed by atoms with Crippen LogP contribution in [0.15, 0.2) is 30.3 Å². The zero-order valence-corrected chi connectivity index (χ0v) is 10.8. The van der Waals surface area contributed by atoms with Crippen LogP contribution in [0.25, 0.3) is 0 Å². The summed E-state index contributed by atoms with van der Waals surface area (Å²) in [6.45, 7) is 5.77. The fraction of sp³-hybridized carbons (Fsp3) is 0.462. The van der Waals surface area contributed by atoms with E-state index in [1.807, 2.05) is 51.1 Å². The minimum absolute atomic E-state index is 0.179. The van der Waals surface area contributed by atoms with Crippen molar-refractivity contribution < 1.29 is 9.53 Å². The van der Waals surface area contributed by atoms with Gasteiger partial charge in [0, 0.05) is 0 Å². The first-order chi connectivity index (χ1) is 7.52. The van der Waals surface area contributed by atoms with E-state index in [-0.39, 0.29) is 23.2 Å². The molecule has 0 spiro atoms. The maximum atomic E-state index is 11.7. The standard InChI is InChI=1S/C13H18O2S/c1-9(2)12(16)13(14)15-10(3)11-7-5-4-6-8-11/h4-10,12,16H,1-3H3. The van der Waals surface area contributed by atoms with Gasteiger partial charge in [-0.25, -0.2) is 0 Å². The third-order valence-electron chi connectivity index (χ3n) is 2.43. The van der Waals surface area contributed by atoms with Gasteiger partial charge in [0.2, 0.25) is 0 Å². The van der Waals surface area contributed by atoms with E-state index in [1.54, 1.807) is 0 Å². The third kappa shape index (κ3) is 3.56. The van der Waals surface area contributed by atoms with Crippen molar-refractivity contribution in [2.75, 3.05) is 0 Å². The Kier molecular flexibility index (Phi) is 4.87. The Hall–Kier alpha value is -0.960. The molecule has 0 fully saturated rings. The van der Waals surface area contributed by atoms with Crippen molar-refractivity contribution in [3.8, 4) is 0 Å². The topological polar surface area (TPSA) is 26.3 Å². The molecule has 2 nitrogen and oxygen atoms in total. The van der Waals surface area contributed by atoms with Crippen LogP contribution >= 0.6 is 12.6 Å². The molecule has 0 aliphatic rings. The molecule has 0 amide bonds. The van der Waals surface area contributed by atoms with Crippen LogP contribution in [0, 0.1) is 5.92 Å². The van der Waals surface area contributed by atoms with Crippen molar-refractivity contribution in [3.05, 3.63) is 35.9 Å². The van der Waals surface area contributed by atoms with Crippen LogP contribution in [-0.2, 0) is 9.53 Å². The molecular weight excluding hydrogens is 220 g/mol. The van der Waals surface area contributed by atoms with Crippen LogP contribution in [0.5, 0.6) is 0 Å². The summed E-state index contributed by atoms with van der Waals surface area (Å²) >= 11 is 4.23. The molecule has 0 aromatic heterocycles. The fourth-order valence-electron chi connectivity index (χ4n) is 1.31. The van der Waals surface area contributed by atoms with Crippen molar-refractivity contribution in [1.82, 2.24) is 0 Å². The summed E-state index contributed by atoms with van der Waals surface area (Å²) in [4.78, 5) is 11.7. The Morgan fingerprint density at radius 2 is 1.75 bits per heavy atom. The van der Waals surface area contributed by atoms with Crippen molar-refractivity contribution in [2.24, 2.45) is 5.92 Å². The molecular formula is C13H18O2S. The molecule has 1 rings (SSSR count). The Labute approximate surface area is 102 Å². The van der Waals surface area contributed by atoms with Crippen LogP contribution in [0.4, 0.5) is 0 Å². The molecule has 1 aromatic rings. The number of ether oxygens (including phenoxy) is 1. The molecule has 2 atom stereocenters. The Balaban J connectivity index is 2.58. The lowest BCUT2D eigenvalue weighted by Gasteiger charge is -2.18. The SMILES string of the molecule is CC(OC(=O)C(S)C(C)C)c1ccccc1. The third-order valence-corrected chi connectivity index (χ3v) is 3.24. The number of hydrogen-bond donors (Lipinski definition) is 1. The summed E-state index contributed by atoms with van der Waals surface area (Å²) < 4.78 is 5.34. The molecule has 0 bridgehead atoms. The molecule has 2 unspecified atom stereocenters. The van der Waals surface area contributed by atoms with Gasteiger partial charge in [0.25, 0.3) is 0 Å². The monoisotopic (exact) mass is 238 g/mol. The number of thiol groups is 1. The maximum Gasteiger partial charge on any atom is 0.319 e. The lowest BCUT2D eigenvalue weighted by Crippen LogP contribution is -2.24. The number of carbonyl (C=O) groups excluding carboxylic acids is 1. The minimum Gasteiger partial charge on any atom is -0.457 e. The number of carbonyl (C=O) groups is 1. The summed E-state index contributed by atoms with van der Waals surface area (Å²) in [5.74, 6) is -0.0755. The molecule has 3 heteroatoms. The molecule has 0 radical (unpaired) electrons. The molecule has 1 aromatic carbocycles. The number of esters is 1. The summed E-state index contributed by atoms with van der Waals surface area (Å²) in [6, 6.07) is 9.69. The highest BCUT2D eigenvalue weighted by atomic mass is 32.1. The van der Waals surface area contributed by atoms with Crippen LogP contribution in [0.1, 0.15) is 32.4 Å². The zero-order valence-electron chi connectivity index (χ0n) is 9.88. The first-order valence-corrected chi connectivity index (χ1v) is 5.97. The molecule has 0 aliphatic heterocycles. The van der Waals surface area contributed by atoms with Gasteiger partial charge in [-0.2, -0.15) is 12.6 Å². The van der Waals surface area contributed by atoms with Crippen LogP contribution in [0.3, 0.4) is 0 Å². The Morgan fingerprint density at radius 1 is 1.19 bits per heavy atom. The molecule has 0 saturated carbocycles. The van der Waals surface area contributed by atoms with E-state index >= 15 is 0 Å². The summed E-state index contributed by atoms with van der Waals surface area (Å²) in [5.41, 5.74) is 1.00. The number of benzene rings is 1. The van der Waals surface area contributed by atoms with Gasteiger partial charge in [-0.05, 0) is 18.4 Å². The quantitative estimate of drug-likeness (QED) is 0.644. The second kappa shape index (κ2) is 5.94. The van der Waals surface area contributed by atoms with Gasteiger partial charge in [-0.3, -0.25) is 4.79 Å². The molecule has 0 N–H and O–H groups in total. The summed E-state index contributed by atoms with van der Waals surface area (Å²) in [5, 5.41) is -0.355. The highest BCUT2D eigenvalue weighted by Crippen LogP contribution is 2.19. The van der Waals surface area contributed by atoms with E-state index in [2.05, 4.69) is 12.6 Å². The van der Waals surface area contributed by atoms with Crippen molar-refractivity contribution >= 4 is 18.6 Å². The lowest BCUT2D eigenvalue weighted by molar-refractivity contribution is -0.148. The maximum absolute atomic E-state index is 11.7. The van der Waals surface area contributed by atoms with E-state index in [0.717, 1.165) is 5.56 Å². The lowest BCUT2D eigenvalue weighted by atomic mass is 10.1. The normalized spacial score (nSPS) is 14.6. The van der Waals surface area contributed by atoms with Gasteiger partial charge >= 0.3 is 5.97 Å². The van der Waals surface area contributed by atoms with E-state index in [4.69, 9.17) is 4.74 Å². The van der Waals surface area contributed by atoms with Crippen molar-refractivity contribution in [3.63, 3.8) is 0 Å². The second-order valence-corrected chi connectivity index (χ2v) is 4.73. The fourth-order valence-corrected chi connectivity index (χ4v) is 1.37. The number of hydrogen-bond acceptors (Lipinski definition) is 3. The van der Waals surface area contributed by atoms with Gasteiger partial charge in [0.1, 0.15) is 11.4 Å². The van der Waals surface area contributed by atoms with E-state index in [1.165, 1.54) is 0 Å². The predicted octanol–water partition coefficient (Wildman–Crippen LogP) is 3.25. The highest BCUT2D eigenvalue weighted by Gasteiger charge is 2.21. The minimum atomic E-state index is -0.355. The van der Waals surface area contributed by atoms with E-state index in [0.29, 0.717) is 0 Å². The van der Waals surface area contributed by atoms with Crippen molar-refractivity contribution in [1.29, 1.82) is 0 Å². The molecule has 16 heavy (non-hydrogen) atoms. The zero-order chi connectivity index (χ0) is 12.1. The van der Waals surface area contributed by atoms with Crippen molar-refractivity contribution in [2.45, 2.75) is 32.1 Å².